The number of rotatable bonds is 3. The maximum absolute atomic E-state index is 14.7. The molecular weight excluding hydrogens is 502 g/mol. The quantitative estimate of drug-likeness (QED) is 0.306. The molecule has 4 heterocycles. The topological polar surface area (TPSA) is 84.4 Å². The number of aryl methyl sites for hydroxylation is 2. The lowest BCUT2D eigenvalue weighted by Crippen LogP contribution is -2.47. The fourth-order valence-corrected chi connectivity index (χ4v) is 7.42. The zero-order valence-electron chi connectivity index (χ0n) is 22.9. The Kier molecular flexibility index (Phi) is 4.99. The van der Waals surface area contributed by atoms with Crippen molar-refractivity contribution in [1.82, 2.24) is 9.55 Å². The van der Waals surface area contributed by atoms with Gasteiger partial charge in [-0.3, -0.25) is 9.59 Å². The first-order valence-corrected chi connectivity index (χ1v) is 13.6. The number of ether oxygens (including phenoxy) is 1. The molecule has 5 aromatic rings. The highest BCUT2D eigenvalue weighted by Crippen LogP contribution is 2.61. The second-order valence-corrected chi connectivity index (χ2v) is 10.8. The van der Waals surface area contributed by atoms with Crippen LogP contribution in [0.2, 0.25) is 0 Å². The van der Waals surface area contributed by atoms with Crippen LogP contribution >= 0.6 is 0 Å². The third-order valence-corrected chi connectivity index (χ3v) is 8.91. The summed E-state index contributed by atoms with van der Waals surface area (Å²) in [4.78, 5) is 47.0. The predicted octanol–water partition coefficient (Wildman–Crippen LogP) is 5.63. The molecule has 0 aliphatic carbocycles. The average molecular weight is 532 g/mol. The van der Waals surface area contributed by atoms with Gasteiger partial charge in [0.1, 0.15) is 5.41 Å². The van der Waals surface area contributed by atoms with Crippen LogP contribution in [-0.2, 0) is 30.1 Å². The first-order valence-electron chi connectivity index (χ1n) is 13.6. The summed E-state index contributed by atoms with van der Waals surface area (Å²) >= 11 is 0. The number of esters is 1. The summed E-state index contributed by atoms with van der Waals surface area (Å²) in [6.07, 6.45) is 0.0904. The Hall–Kier alpha value is -4.65. The highest BCUT2D eigenvalue weighted by molar-refractivity contribution is 6.24. The van der Waals surface area contributed by atoms with Gasteiger partial charge in [0.05, 0.1) is 18.0 Å². The Balaban J connectivity index is 1.68. The van der Waals surface area contributed by atoms with Crippen molar-refractivity contribution in [2.75, 3.05) is 11.5 Å². The molecule has 0 bridgehead atoms. The number of amides is 2. The number of aromatic nitrogens is 2. The van der Waals surface area contributed by atoms with Crippen molar-refractivity contribution in [3.8, 4) is 0 Å². The molecule has 200 valence electrons. The van der Waals surface area contributed by atoms with Crippen molar-refractivity contribution >= 4 is 45.3 Å². The maximum Gasteiger partial charge on any atom is 0.338 e. The molecule has 40 heavy (non-hydrogen) atoms. The van der Waals surface area contributed by atoms with Crippen molar-refractivity contribution in [2.45, 2.75) is 45.1 Å². The lowest BCUT2D eigenvalue weighted by molar-refractivity contribution is -0.151. The number of hydrogen-bond donors (Lipinski definition) is 1. The number of H-pyrrole nitrogens is 1. The minimum atomic E-state index is -1.39. The van der Waals surface area contributed by atoms with Crippen molar-refractivity contribution in [3.05, 3.63) is 101 Å². The van der Waals surface area contributed by atoms with Crippen LogP contribution in [0.1, 0.15) is 48.3 Å². The van der Waals surface area contributed by atoms with E-state index in [0.717, 1.165) is 44.2 Å². The number of carbonyl (C=O) groups is 3. The van der Waals surface area contributed by atoms with E-state index in [4.69, 9.17) is 4.74 Å². The molecule has 3 aromatic carbocycles. The summed E-state index contributed by atoms with van der Waals surface area (Å²) in [7, 11) is 0. The Labute approximate surface area is 231 Å². The summed E-state index contributed by atoms with van der Waals surface area (Å²) in [6, 6.07) is 23.3. The number of benzene rings is 3. The monoisotopic (exact) mass is 531 g/mol. The van der Waals surface area contributed by atoms with Crippen molar-refractivity contribution < 1.29 is 19.1 Å². The third-order valence-electron chi connectivity index (χ3n) is 8.91. The van der Waals surface area contributed by atoms with Crippen molar-refractivity contribution in [3.63, 3.8) is 0 Å². The second kappa shape index (κ2) is 8.18. The van der Waals surface area contributed by atoms with Gasteiger partial charge in [-0.1, -0.05) is 54.6 Å². The number of hydrogen-bond acceptors (Lipinski definition) is 4. The number of carbonyl (C=O) groups excluding carboxylic acids is 3. The molecule has 2 aromatic heterocycles. The van der Waals surface area contributed by atoms with Gasteiger partial charge in [-0.05, 0) is 55.7 Å². The molecule has 1 unspecified atom stereocenters. The molecular formula is C33H29N3O4. The van der Waals surface area contributed by atoms with Crippen LogP contribution in [0.3, 0.4) is 0 Å². The fraction of sp³-hybridized carbons (Fsp3) is 0.242. The van der Waals surface area contributed by atoms with Crippen LogP contribution in [0.25, 0.3) is 21.8 Å². The number of nitrogens with zero attached hydrogens (tertiary/aromatic N) is 2. The minimum Gasteiger partial charge on any atom is -0.464 e. The van der Waals surface area contributed by atoms with E-state index in [0.29, 0.717) is 11.4 Å². The van der Waals surface area contributed by atoms with Gasteiger partial charge in [-0.25, -0.2) is 9.69 Å². The Morgan fingerprint density at radius 2 is 1.60 bits per heavy atom. The van der Waals surface area contributed by atoms with E-state index in [1.54, 1.807) is 6.92 Å². The molecule has 2 atom stereocenters. The van der Waals surface area contributed by atoms with Crippen LogP contribution in [0.15, 0.2) is 72.8 Å². The fourth-order valence-electron chi connectivity index (χ4n) is 7.42. The van der Waals surface area contributed by atoms with E-state index in [-0.39, 0.29) is 24.8 Å². The van der Waals surface area contributed by atoms with Crippen LogP contribution in [0.5, 0.6) is 0 Å². The van der Waals surface area contributed by atoms with Gasteiger partial charge in [0.2, 0.25) is 5.91 Å². The number of para-hydroxylation sites is 3. The Morgan fingerprint density at radius 1 is 0.925 bits per heavy atom. The predicted molar refractivity (Wildman–Crippen MR) is 153 cm³/mol. The van der Waals surface area contributed by atoms with Gasteiger partial charge < -0.3 is 14.3 Å². The third kappa shape index (κ3) is 2.72. The van der Waals surface area contributed by atoms with Gasteiger partial charge >= 0.3 is 5.97 Å². The molecule has 0 fully saturated rings. The number of aromatic amines is 1. The largest absolute Gasteiger partial charge is 0.464 e. The van der Waals surface area contributed by atoms with E-state index in [2.05, 4.69) is 4.98 Å². The van der Waals surface area contributed by atoms with Crippen molar-refractivity contribution in [1.29, 1.82) is 0 Å². The van der Waals surface area contributed by atoms with Gasteiger partial charge in [0.25, 0.3) is 5.91 Å². The molecule has 0 saturated carbocycles. The van der Waals surface area contributed by atoms with E-state index >= 15 is 0 Å². The highest BCUT2D eigenvalue weighted by Gasteiger charge is 2.68. The Morgan fingerprint density at radius 3 is 2.33 bits per heavy atom. The molecule has 7 nitrogen and oxygen atoms in total. The van der Waals surface area contributed by atoms with Crippen LogP contribution < -0.4 is 4.90 Å². The minimum absolute atomic E-state index is 0.0904. The van der Waals surface area contributed by atoms with Gasteiger partial charge in [-0.2, -0.15) is 0 Å². The van der Waals surface area contributed by atoms with Crippen LogP contribution in [-0.4, -0.2) is 33.9 Å². The smallest absolute Gasteiger partial charge is 0.338 e. The standard InChI is InChI=1S/C33H29N3O4/c1-5-40-31(39)33(28-19(2)22-12-6-9-15-25(22)34-28)18-32(29-20(3)23-13-7-10-16-26(23)36(29)33)24-14-8-11-17-27(24)35(21(4)37)30(32)38/h6-17,34H,5,18H2,1-4H3/t32?,33-/m1/s1. The number of anilines is 1. The molecule has 7 heteroatoms. The van der Waals surface area contributed by atoms with E-state index < -0.39 is 16.9 Å². The van der Waals surface area contributed by atoms with Crippen molar-refractivity contribution in [2.24, 2.45) is 0 Å². The van der Waals surface area contributed by atoms with Gasteiger partial charge in [0.15, 0.2) is 5.54 Å². The lowest BCUT2D eigenvalue weighted by Gasteiger charge is -2.32. The van der Waals surface area contributed by atoms with Crippen LogP contribution in [0, 0.1) is 13.8 Å². The number of fused-ring (bicyclic) bond motifs is 7. The second-order valence-electron chi connectivity index (χ2n) is 10.8. The molecule has 1 N–H and O–H groups in total. The molecule has 2 amide bonds. The molecule has 2 aliphatic rings. The van der Waals surface area contributed by atoms with E-state index in [1.807, 2.05) is 91.2 Å². The summed E-state index contributed by atoms with van der Waals surface area (Å²) in [5.74, 6) is -1.13. The summed E-state index contributed by atoms with van der Waals surface area (Å²) < 4.78 is 7.91. The highest BCUT2D eigenvalue weighted by atomic mass is 16.5. The maximum atomic E-state index is 14.7. The van der Waals surface area contributed by atoms with Crippen LogP contribution in [0.4, 0.5) is 5.69 Å². The zero-order chi connectivity index (χ0) is 28.0. The molecule has 2 aliphatic heterocycles. The van der Waals surface area contributed by atoms with E-state index in [9.17, 15) is 14.4 Å². The normalized spacial score (nSPS) is 21.4. The molecule has 0 saturated heterocycles. The van der Waals surface area contributed by atoms with E-state index in [1.165, 1.54) is 11.8 Å². The Bertz CT molecular complexity index is 1910. The molecule has 7 rings (SSSR count). The summed E-state index contributed by atoms with van der Waals surface area (Å²) in [5.41, 5.74) is 3.60. The molecule has 0 radical (unpaired) electrons. The van der Waals surface area contributed by atoms with Gasteiger partial charge in [-0.15, -0.1) is 0 Å². The zero-order valence-corrected chi connectivity index (χ0v) is 22.9. The summed E-state index contributed by atoms with van der Waals surface area (Å²) in [6.45, 7) is 7.39. The summed E-state index contributed by atoms with van der Waals surface area (Å²) in [5, 5.41) is 1.95. The van der Waals surface area contributed by atoms with Gasteiger partial charge in [0, 0.05) is 40.8 Å². The average Bonchev–Trinajstić information content (AvgIpc) is 3.63. The molecule has 1 spiro atoms. The number of imide groups is 1. The lowest BCUT2D eigenvalue weighted by atomic mass is 9.71. The first-order chi connectivity index (χ1) is 19.3. The first kappa shape index (κ1) is 24.4. The SMILES string of the molecule is CCOC(=O)[C@]1(c2[nH]c3ccccc3c2C)CC2(C(=O)N(C(C)=O)c3ccccc32)c2c(C)c3ccccc3n21. The number of nitrogens with one attached hydrogen (secondary N) is 1.